The van der Waals surface area contributed by atoms with Gasteiger partial charge in [0.25, 0.3) is 5.89 Å². The maximum Gasteiger partial charge on any atom is 0.259 e. The van der Waals surface area contributed by atoms with E-state index in [4.69, 9.17) is 9.78 Å². The van der Waals surface area contributed by atoms with Crippen LogP contribution < -0.4 is 0 Å². The fourth-order valence-electron chi connectivity index (χ4n) is 1.85. The van der Waals surface area contributed by atoms with E-state index in [9.17, 15) is 4.39 Å². The second kappa shape index (κ2) is 4.87. The summed E-state index contributed by atoms with van der Waals surface area (Å²) in [6, 6.07) is 6.13. The number of aromatic nitrogens is 2. The maximum atomic E-state index is 13.6. The van der Waals surface area contributed by atoms with E-state index >= 15 is 0 Å². The summed E-state index contributed by atoms with van der Waals surface area (Å²) in [6.07, 6.45) is 0. The normalized spacial score (nSPS) is 10.4. The van der Waals surface area contributed by atoms with Crippen molar-refractivity contribution in [3.05, 3.63) is 45.9 Å². The van der Waals surface area contributed by atoms with Crippen LogP contribution in [0.25, 0.3) is 22.8 Å². The van der Waals surface area contributed by atoms with Gasteiger partial charge in [-0.25, -0.2) is 4.39 Å². The van der Waals surface area contributed by atoms with Crippen LogP contribution in [0.3, 0.4) is 0 Å². The first kappa shape index (κ1) is 12.5. The largest absolute Gasteiger partial charge is 0.334 e. The van der Waals surface area contributed by atoms with Crippen LogP contribution in [0.4, 0.5) is 4.39 Å². The Bertz CT molecular complexity index is 816. The number of nitrogens with zero attached hydrogens (tertiary/aromatic N) is 3. The first-order valence-electron chi connectivity index (χ1n) is 5.76. The summed E-state index contributed by atoms with van der Waals surface area (Å²) in [5.74, 6) is -0.0231. The molecule has 0 fully saturated rings. The van der Waals surface area contributed by atoms with E-state index < -0.39 is 5.82 Å². The second-order valence-electron chi connectivity index (χ2n) is 4.17. The number of hydrogen-bond donors (Lipinski definition) is 0. The topological polar surface area (TPSA) is 62.7 Å². The van der Waals surface area contributed by atoms with Gasteiger partial charge in [0.2, 0.25) is 5.82 Å². The number of thiophene rings is 1. The minimum absolute atomic E-state index is 0.0928. The van der Waals surface area contributed by atoms with Crippen LogP contribution in [0.5, 0.6) is 0 Å². The molecule has 1 aromatic carbocycles. The predicted octanol–water partition coefficient (Wildman–Crippen LogP) is 3.78. The van der Waals surface area contributed by atoms with Crippen LogP contribution >= 0.6 is 11.3 Å². The summed E-state index contributed by atoms with van der Waals surface area (Å²) in [7, 11) is 0. The fraction of sp³-hybridized carbons (Fsp3) is 0.0714. The summed E-state index contributed by atoms with van der Waals surface area (Å²) in [5, 5.41) is 16.8. The van der Waals surface area contributed by atoms with Crippen molar-refractivity contribution in [2.75, 3.05) is 0 Å². The van der Waals surface area contributed by atoms with Gasteiger partial charge in [0, 0.05) is 10.9 Å². The average Bonchev–Trinajstić information content (AvgIpc) is 3.06. The molecule has 3 rings (SSSR count). The van der Waals surface area contributed by atoms with Gasteiger partial charge < -0.3 is 4.52 Å². The molecule has 0 aliphatic rings. The van der Waals surface area contributed by atoms with Gasteiger partial charge in [-0.3, -0.25) is 0 Å². The van der Waals surface area contributed by atoms with Crippen LogP contribution in [-0.2, 0) is 0 Å². The van der Waals surface area contributed by atoms with E-state index in [0.29, 0.717) is 11.4 Å². The Labute approximate surface area is 118 Å². The second-order valence-corrected chi connectivity index (χ2v) is 4.91. The van der Waals surface area contributed by atoms with Gasteiger partial charge in [-0.05, 0) is 30.0 Å². The monoisotopic (exact) mass is 285 g/mol. The summed E-state index contributed by atoms with van der Waals surface area (Å²) in [5.41, 5.74) is 2.13. The summed E-state index contributed by atoms with van der Waals surface area (Å²) >= 11 is 1.54. The molecule has 0 aliphatic carbocycles. The lowest BCUT2D eigenvalue weighted by molar-refractivity contribution is 0.432. The van der Waals surface area contributed by atoms with Gasteiger partial charge in [0.1, 0.15) is 17.4 Å². The van der Waals surface area contributed by atoms with Gasteiger partial charge in [-0.15, -0.1) is 0 Å². The molecule has 6 heteroatoms. The molecule has 3 aromatic rings. The molecular formula is C14H8FN3OS. The van der Waals surface area contributed by atoms with Crippen molar-refractivity contribution in [2.24, 2.45) is 0 Å². The summed E-state index contributed by atoms with van der Waals surface area (Å²) in [4.78, 5) is 4.24. The first-order chi connectivity index (χ1) is 9.70. The summed E-state index contributed by atoms with van der Waals surface area (Å²) < 4.78 is 18.7. The zero-order valence-corrected chi connectivity index (χ0v) is 11.2. The number of rotatable bonds is 2. The minimum atomic E-state index is -0.600. The summed E-state index contributed by atoms with van der Waals surface area (Å²) in [6.45, 7) is 1.95. The van der Waals surface area contributed by atoms with Crippen molar-refractivity contribution < 1.29 is 8.91 Å². The molecule has 0 N–H and O–H groups in total. The smallest absolute Gasteiger partial charge is 0.259 e. The lowest BCUT2D eigenvalue weighted by Gasteiger charge is -1.98. The van der Waals surface area contributed by atoms with Gasteiger partial charge in [0.05, 0.1) is 5.56 Å². The Morgan fingerprint density at radius 3 is 2.85 bits per heavy atom. The van der Waals surface area contributed by atoms with Crippen LogP contribution in [-0.4, -0.2) is 10.1 Å². The molecule has 0 amide bonds. The average molecular weight is 285 g/mol. The third kappa shape index (κ3) is 1.98. The maximum absolute atomic E-state index is 13.6. The fourth-order valence-corrected chi connectivity index (χ4v) is 2.67. The number of benzene rings is 1. The van der Waals surface area contributed by atoms with Crippen molar-refractivity contribution in [3.63, 3.8) is 0 Å². The molecule has 2 heterocycles. The van der Waals surface area contributed by atoms with Crippen molar-refractivity contribution >= 4 is 11.3 Å². The van der Waals surface area contributed by atoms with Crippen LogP contribution in [0.15, 0.2) is 33.5 Å². The molecule has 4 nitrogen and oxygen atoms in total. The minimum Gasteiger partial charge on any atom is -0.334 e. The Kier molecular flexibility index (Phi) is 3.05. The Morgan fingerprint density at radius 2 is 2.15 bits per heavy atom. The molecule has 0 radical (unpaired) electrons. The standard InChI is InChI=1S/C14H8FN3OS/c1-8-6-20-7-11(8)13-17-14(19-18-13)9-3-2-4-12(15)10(9)5-16/h2-4,6-7H,1H3. The molecule has 20 heavy (non-hydrogen) atoms. The quantitative estimate of drug-likeness (QED) is 0.718. The zero-order chi connectivity index (χ0) is 14.1. The molecule has 0 aliphatic heterocycles. The Hall–Kier alpha value is -2.52. The molecule has 0 spiro atoms. The van der Waals surface area contributed by atoms with Crippen molar-refractivity contribution in [3.8, 4) is 28.9 Å². The number of hydrogen-bond acceptors (Lipinski definition) is 5. The van der Waals surface area contributed by atoms with Gasteiger partial charge in [-0.1, -0.05) is 11.2 Å². The highest BCUT2D eigenvalue weighted by molar-refractivity contribution is 7.08. The molecule has 98 valence electrons. The number of aryl methyl sites for hydroxylation is 1. The van der Waals surface area contributed by atoms with Gasteiger partial charge in [0.15, 0.2) is 0 Å². The van der Waals surface area contributed by atoms with Gasteiger partial charge in [-0.2, -0.15) is 21.6 Å². The highest BCUT2D eigenvalue weighted by Gasteiger charge is 2.17. The number of halogens is 1. The lowest BCUT2D eigenvalue weighted by Crippen LogP contribution is -1.89. The van der Waals surface area contributed by atoms with E-state index in [2.05, 4.69) is 10.1 Å². The van der Waals surface area contributed by atoms with E-state index in [1.807, 2.05) is 23.8 Å². The van der Waals surface area contributed by atoms with E-state index in [1.165, 1.54) is 12.1 Å². The highest BCUT2D eigenvalue weighted by Crippen LogP contribution is 2.28. The van der Waals surface area contributed by atoms with E-state index in [1.54, 1.807) is 17.4 Å². The molecule has 2 aromatic heterocycles. The molecular weight excluding hydrogens is 277 g/mol. The molecule has 0 saturated carbocycles. The molecule has 0 saturated heterocycles. The molecule has 0 atom stereocenters. The van der Waals surface area contributed by atoms with Crippen LogP contribution in [0.2, 0.25) is 0 Å². The highest BCUT2D eigenvalue weighted by atomic mass is 32.1. The van der Waals surface area contributed by atoms with Crippen molar-refractivity contribution in [1.29, 1.82) is 5.26 Å². The third-order valence-electron chi connectivity index (χ3n) is 2.88. The first-order valence-corrected chi connectivity index (χ1v) is 6.71. The lowest BCUT2D eigenvalue weighted by atomic mass is 10.1. The van der Waals surface area contributed by atoms with Crippen molar-refractivity contribution in [2.45, 2.75) is 6.92 Å². The predicted molar refractivity (Wildman–Crippen MR) is 72.5 cm³/mol. The molecule has 0 bridgehead atoms. The van der Waals surface area contributed by atoms with Crippen molar-refractivity contribution in [1.82, 2.24) is 10.1 Å². The molecule has 0 unspecified atom stereocenters. The Balaban J connectivity index is 2.10. The van der Waals surface area contributed by atoms with Crippen LogP contribution in [0.1, 0.15) is 11.1 Å². The third-order valence-corrected chi connectivity index (χ3v) is 3.74. The van der Waals surface area contributed by atoms with Crippen LogP contribution in [0, 0.1) is 24.1 Å². The van der Waals surface area contributed by atoms with E-state index in [0.717, 1.165) is 11.1 Å². The SMILES string of the molecule is Cc1cscc1-c1noc(-c2cccc(F)c2C#N)n1. The Morgan fingerprint density at radius 1 is 1.30 bits per heavy atom. The zero-order valence-electron chi connectivity index (χ0n) is 10.4. The van der Waals surface area contributed by atoms with Gasteiger partial charge >= 0.3 is 0 Å². The van der Waals surface area contributed by atoms with E-state index in [-0.39, 0.29) is 11.5 Å². The number of nitriles is 1.